The van der Waals surface area contributed by atoms with Crippen molar-refractivity contribution in [1.29, 1.82) is 0 Å². The zero-order chi connectivity index (χ0) is 22.8. The second-order valence-corrected chi connectivity index (χ2v) is 8.51. The van der Waals surface area contributed by atoms with E-state index in [9.17, 15) is 9.59 Å². The summed E-state index contributed by atoms with van der Waals surface area (Å²) in [6.07, 6.45) is 0. The van der Waals surface area contributed by atoms with Crippen LogP contribution in [-0.4, -0.2) is 48.5 Å². The second-order valence-electron chi connectivity index (χ2n) is 7.47. The van der Waals surface area contributed by atoms with Gasteiger partial charge in [0.15, 0.2) is 0 Å². The Bertz CT molecular complexity index is 993. The zero-order valence-electron chi connectivity index (χ0n) is 18.5. The van der Waals surface area contributed by atoms with Crippen LogP contribution in [-0.2, 0) is 22.6 Å². The van der Waals surface area contributed by atoms with Gasteiger partial charge in [-0.2, -0.15) is 0 Å². The topological polar surface area (TPSA) is 61.9 Å². The lowest BCUT2D eigenvalue weighted by molar-refractivity contribution is -0.133. The number of thiophene rings is 1. The number of nitrogens with zero attached hydrogens (tertiary/aromatic N) is 2. The molecule has 0 fully saturated rings. The van der Waals surface area contributed by atoms with Gasteiger partial charge in [0.1, 0.15) is 6.54 Å². The predicted octanol–water partition coefficient (Wildman–Crippen LogP) is 4.77. The van der Waals surface area contributed by atoms with Gasteiger partial charge in [-0.05, 0) is 35.6 Å². The molecule has 7 heteroatoms. The van der Waals surface area contributed by atoms with Crippen molar-refractivity contribution in [2.24, 2.45) is 0 Å². The number of nitrogens with one attached hydrogen (secondary N) is 1. The number of carbonyl (C=O) groups excluding carboxylic acids is 2. The highest BCUT2D eigenvalue weighted by Gasteiger charge is 2.22. The molecule has 0 bridgehead atoms. The quantitative estimate of drug-likeness (QED) is 0.483. The van der Waals surface area contributed by atoms with Crippen molar-refractivity contribution in [1.82, 2.24) is 9.80 Å². The molecule has 2 aromatic carbocycles. The van der Waals surface area contributed by atoms with Crippen LogP contribution in [0.1, 0.15) is 16.0 Å². The maximum absolute atomic E-state index is 13.3. The van der Waals surface area contributed by atoms with E-state index in [0.717, 1.165) is 21.7 Å². The molecule has 1 heterocycles. The Hall–Kier alpha value is -3.16. The number of benzene rings is 2. The summed E-state index contributed by atoms with van der Waals surface area (Å²) < 4.78 is 5.17. The highest BCUT2D eigenvalue weighted by atomic mass is 32.1. The van der Waals surface area contributed by atoms with Crippen molar-refractivity contribution >= 4 is 29.0 Å². The van der Waals surface area contributed by atoms with Crippen molar-refractivity contribution in [3.05, 3.63) is 88.1 Å². The molecule has 1 aromatic heterocycles. The van der Waals surface area contributed by atoms with E-state index in [1.54, 1.807) is 23.3 Å². The van der Waals surface area contributed by atoms with Crippen LogP contribution in [0.4, 0.5) is 10.5 Å². The highest BCUT2D eigenvalue weighted by Crippen LogP contribution is 2.17. The van der Waals surface area contributed by atoms with Gasteiger partial charge in [0.2, 0.25) is 5.91 Å². The van der Waals surface area contributed by atoms with Gasteiger partial charge in [-0.15, -0.1) is 11.3 Å². The van der Waals surface area contributed by atoms with Crippen molar-refractivity contribution < 1.29 is 14.3 Å². The molecule has 32 heavy (non-hydrogen) atoms. The molecule has 0 saturated heterocycles. The lowest BCUT2D eigenvalue weighted by atomic mass is 10.2. The van der Waals surface area contributed by atoms with Crippen LogP contribution in [0.5, 0.6) is 0 Å². The van der Waals surface area contributed by atoms with Crippen LogP contribution in [0.15, 0.2) is 72.1 Å². The van der Waals surface area contributed by atoms with Crippen LogP contribution >= 0.6 is 11.3 Å². The molecule has 168 valence electrons. The van der Waals surface area contributed by atoms with Crippen LogP contribution < -0.4 is 5.32 Å². The lowest BCUT2D eigenvalue weighted by Gasteiger charge is -2.28. The summed E-state index contributed by atoms with van der Waals surface area (Å²) in [6.45, 7) is 3.55. The first kappa shape index (κ1) is 23.5. The summed E-state index contributed by atoms with van der Waals surface area (Å²) >= 11 is 1.61. The van der Waals surface area contributed by atoms with Crippen LogP contribution in [0.2, 0.25) is 0 Å². The van der Waals surface area contributed by atoms with Gasteiger partial charge in [0, 0.05) is 30.8 Å². The summed E-state index contributed by atoms with van der Waals surface area (Å²) in [5, 5.41) is 4.92. The van der Waals surface area contributed by atoms with Crippen LogP contribution in [0.25, 0.3) is 0 Å². The third kappa shape index (κ3) is 6.93. The smallest absolute Gasteiger partial charge is 0.322 e. The van der Waals surface area contributed by atoms with Crippen molar-refractivity contribution in [2.75, 3.05) is 32.1 Å². The molecule has 3 amide bonds. The number of amides is 3. The van der Waals surface area contributed by atoms with Gasteiger partial charge >= 0.3 is 6.03 Å². The Labute approximate surface area is 193 Å². The largest absolute Gasteiger partial charge is 0.383 e. The Kier molecular flexibility index (Phi) is 8.83. The fourth-order valence-corrected chi connectivity index (χ4v) is 3.97. The number of methoxy groups -OCH3 is 1. The molecule has 0 aliphatic carbocycles. The van der Waals surface area contributed by atoms with Crippen LogP contribution in [0.3, 0.4) is 0 Å². The monoisotopic (exact) mass is 451 g/mol. The molecule has 0 radical (unpaired) electrons. The minimum Gasteiger partial charge on any atom is -0.383 e. The van der Waals surface area contributed by atoms with Gasteiger partial charge in [-0.1, -0.05) is 54.6 Å². The SMILES string of the molecule is COCCN(CC(=O)N(Cc1ccccc1)Cc1cccs1)C(=O)Nc1ccccc1C. The second kappa shape index (κ2) is 12.0. The summed E-state index contributed by atoms with van der Waals surface area (Å²) in [4.78, 5) is 30.7. The Morgan fingerprint density at radius 2 is 1.69 bits per heavy atom. The first-order chi connectivity index (χ1) is 15.6. The van der Waals surface area contributed by atoms with Gasteiger partial charge in [0.05, 0.1) is 13.2 Å². The first-order valence-electron chi connectivity index (χ1n) is 10.5. The van der Waals surface area contributed by atoms with Gasteiger partial charge < -0.3 is 19.9 Å². The third-order valence-electron chi connectivity index (χ3n) is 5.06. The number of para-hydroxylation sites is 1. The number of hydrogen-bond acceptors (Lipinski definition) is 4. The molecule has 3 aromatic rings. The lowest BCUT2D eigenvalue weighted by Crippen LogP contribution is -2.45. The summed E-state index contributed by atoms with van der Waals surface area (Å²) in [7, 11) is 1.58. The molecular weight excluding hydrogens is 422 g/mol. The Morgan fingerprint density at radius 3 is 2.38 bits per heavy atom. The molecule has 0 saturated carbocycles. The number of rotatable bonds is 10. The van der Waals surface area contributed by atoms with E-state index < -0.39 is 0 Å². The number of hydrogen-bond donors (Lipinski definition) is 1. The van der Waals surface area contributed by atoms with E-state index in [1.807, 2.05) is 79.0 Å². The standard InChI is InChI=1S/C25H29N3O3S/c1-20-9-6-7-13-23(20)26-25(30)27(14-15-31-2)19-24(29)28(18-22-12-8-16-32-22)17-21-10-4-3-5-11-21/h3-13,16H,14-15,17-19H2,1-2H3,(H,26,30). The van der Waals surface area contributed by atoms with E-state index in [4.69, 9.17) is 4.74 Å². The maximum atomic E-state index is 13.3. The fourth-order valence-electron chi connectivity index (χ4n) is 3.25. The molecule has 6 nitrogen and oxygen atoms in total. The number of ether oxygens (including phenoxy) is 1. The average Bonchev–Trinajstić information content (AvgIpc) is 3.31. The number of anilines is 1. The van der Waals surface area contributed by atoms with Crippen LogP contribution in [0, 0.1) is 6.92 Å². The van der Waals surface area contributed by atoms with Crippen molar-refractivity contribution in [3.63, 3.8) is 0 Å². The molecule has 1 N–H and O–H groups in total. The third-order valence-corrected chi connectivity index (χ3v) is 5.92. The van der Waals surface area contributed by atoms with Crippen molar-refractivity contribution in [3.8, 4) is 0 Å². The molecule has 0 aliphatic heterocycles. The number of carbonyl (C=O) groups is 2. The Morgan fingerprint density at radius 1 is 0.938 bits per heavy atom. The van der Waals surface area contributed by atoms with Gasteiger partial charge in [-0.25, -0.2) is 4.79 Å². The van der Waals surface area contributed by atoms with Gasteiger partial charge in [-0.3, -0.25) is 4.79 Å². The van der Waals surface area contributed by atoms with E-state index in [-0.39, 0.29) is 18.5 Å². The van der Waals surface area contributed by atoms with Gasteiger partial charge in [0.25, 0.3) is 0 Å². The predicted molar refractivity (Wildman–Crippen MR) is 129 cm³/mol. The highest BCUT2D eigenvalue weighted by molar-refractivity contribution is 7.09. The average molecular weight is 452 g/mol. The Balaban J connectivity index is 1.74. The van der Waals surface area contributed by atoms with Crippen molar-refractivity contribution in [2.45, 2.75) is 20.0 Å². The zero-order valence-corrected chi connectivity index (χ0v) is 19.3. The summed E-state index contributed by atoms with van der Waals surface area (Å²) in [5.74, 6) is -0.113. The molecule has 0 spiro atoms. The molecule has 0 atom stereocenters. The number of aryl methyl sites for hydroxylation is 1. The minimum absolute atomic E-state index is 0.0285. The normalized spacial score (nSPS) is 10.6. The molecular formula is C25H29N3O3S. The molecule has 3 rings (SSSR count). The molecule has 0 aliphatic rings. The molecule has 0 unspecified atom stereocenters. The maximum Gasteiger partial charge on any atom is 0.322 e. The first-order valence-corrected chi connectivity index (χ1v) is 11.4. The fraction of sp³-hybridized carbons (Fsp3) is 0.280. The minimum atomic E-state index is -0.319. The van der Waals surface area contributed by atoms with E-state index >= 15 is 0 Å². The van der Waals surface area contributed by atoms with E-state index in [0.29, 0.717) is 26.2 Å². The van der Waals surface area contributed by atoms with E-state index in [1.165, 1.54) is 4.90 Å². The van der Waals surface area contributed by atoms with E-state index in [2.05, 4.69) is 5.32 Å². The summed E-state index contributed by atoms with van der Waals surface area (Å²) in [6, 6.07) is 21.1. The number of urea groups is 1. The summed E-state index contributed by atoms with van der Waals surface area (Å²) in [5.41, 5.74) is 2.74.